The van der Waals surface area contributed by atoms with E-state index in [1.165, 1.54) is 6.92 Å². The fourth-order valence-corrected chi connectivity index (χ4v) is 3.07. The van der Waals surface area contributed by atoms with Crippen molar-refractivity contribution in [3.8, 4) is 11.3 Å². The van der Waals surface area contributed by atoms with Crippen molar-refractivity contribution in [1.82, 2.24) is 15.0 Å². The van der Waals surface area contributed by atoms with Gasteiger partial charge in [0.25, 0.3) is 0 Å². The quantitative estimate of drug-likeness (QED) is 0.712. The Morgan fingerprint density at radius 2 is 1.86 bits per heavy atom. The zero-order valence-electron chi connectivity index (χ0n) is 16.0. The van der Waals surface area contributed by atoms with Gasteiger partial charge in [0.15, 0.2) is 5.82 Å². The molecule has 1 atom stereocenters. The molecule has 3 N–H and O–H groups in total. The predicted molar refractivity (Wildman–Crippen MR) is 111 cm³/mol. The molecule has 0 bridgehead atoms. The van der Waals surface area contributed by atoms with Crippen molar-refractivity contribution in [3.05, 3.63) is 72.1 Å². The second-order valence-corrected chi connectivity index (χ2v) is 6.57. The molecule has 4 rings (SSSR count). The number of aromatic nitrogens is 2. The van der Waals surface area contributed by atoms with E-state index in [0.717, 1.165) is 11.1 Å². The van der Waals surface area contributed by atoms with Gasteiger partial charge in [-0.25, -0.2) is 9.97 Å². The number of anilines is 2. The number of carbonyl (C=O) groups is 1. The first-order chi connectivity index (χ1) is 14.0. The first-order valence-electron chi connectivity index (χ1n) is 9.06. The zero-order valence-corrected chi connectivity index (χ0v) is 16.0. The monoisotopic (exact) mass is 388 g/mol. The molecule has 1 unspecified atom stereocenters. The molecule has 1 aromatic heterocycles. The van der Waals surface area contributed by atoms with Crippen LogP contribution in [0.4, 0.5) is 11.5 Å². The molecule has 1 aliphatic heterocycles. The minimum absolute atomic E-state index is 0.166. The molecule has 0 fully saturated rings. The van der Waals surface area contributed by atoms with Gasteiger partial charge in [-0.2, -0.15) is 0 Å². The Hall–Kier alpha value is -3.94. The number of nitrogens with one attached hydrogen (secondary N) is 1. The normalized spacial score (nSPS) is 15.6. The van der Waals surface area contributed by atoms with Crippen LogP contribution in [0, 0.1) is 0 Å². The highest BCUT2D eigenvalue weighted by Crippen LogP contribution is 2.33. The molecule has 2 aromatic carbocycles. The van der Waals surface area contributed by atoms with Gasteiger partial charge in [-0.15, -0.1) is 5.10 Å². The number of hydrogen-bond donors (Lipinski definition) is 2. The molecule has 0 aliphatic carbocycles. The standard InChI is InChI=1S/C21H20N6O2/c1-13(28)24-16-11-7-6-10-15(16)17-12-23-19(22)18(25-17)21-27(2)26-20(29-21)14-8-4-3-5-9-14/h3-12,21H,1-2H3,(H2,22,23)(H,24,28). The van der Waals surface area contributed by atoms with Crippen molar-refractivity contribution in [2.24, 2.45) is 5.10 Å². The van der Waals surface area contributed by atoms with Crippen LogP contribution in [0.1, 0.15) is 24.4 Å². The van der Waals surface area contributed by atoms with Crippen LogP contribution in [0.5, 0.6) is 0 Å². The van der Waals surface area contributed by atoms with Gasteiger partial charge in [-0.05, 0) is 18.2 Å². The summed E-state index contributed by atoms with van der Waals surface area (Å²) >= 11 is 0. The smallest absolute Gasteiger partial charge is 0.240 e. The lowest BCUT2D eigenvalue weighted by molar-refractivity contribution is -0.114. The number of para-hydroxylation sites is 1. The van der Waals surface area contributed by atoms with Gasteiger partial charge >= 0.3 is 0 Å². The molecular formula is C21H20N6O2. The van der Waals surface area contributed by atoms with Gasteiger partial charge in [-0.1, -0.05) is 36.4 Å². The van der Waals surface area contributed by atoms with Crippen LogP contribution in [0.25, 0.3) is 11.3 Å². The van der Waals surface area contributed by atoms with E-state index >= 15 is 0 Å². The molecule has 8 heteroatoms. The zero-order chi connectivity index (χ0) is 20.4. The third-order valence-corrected chi connectivity index (χ3v) is 4.41. The molecular weight excluding hydrogens is 368 g/mol. The van der Waals surface area contributed by atoms with E-state index in [9.17, 15) is 4.79 Å². The predicted octanol–water partition coefficient (Wildman–Crippen LogP) is 3.01. The molecule has 3 aromatic rings. The van der Waals surface area contributed by atoms with E-state index in [0.29, 0.717) is 23.0 Å². The molecule has 0 spiro atoms. The second-order valence-electron chi connectivity index (χ2n) is 6.57. The van der Waals surface area contributed by atoms with Crippen LogP contribution >= 0.6 is 0 Å². The largest absolute Gasteiger partial charge is 0.444 e. The highest BCUT2D eigenvalue weighted by atomic mass is 16.5. The van der Waals surface area contributed by atoms with E-state index in [2.05, 4.69) is 15.4 Å². The summed E-state index contributed by atoms with van der Waals surface area (Å²) < 4.78 is 6.04. The van der Waals surface area contributed by atoms with Crippen molar-refractivity contribution >= 4 is 23.3 Å². The highest BCUT2D eigenvalue weighted by Gasteiger charge is 2.31. The summed E-state index contributed by atoms with van der Waals surface area (Å²) in [7, 11) is 1.79. The number of ether oxygens (including phenoxy) is 1. The number of nitrogens with two attached hydrogens (primary N) is 1. The molecule has 0 saturated heterocycles. The maximum Gasteiger partial charge on any atom is 0.240 e. The molecule has 2 heterocycles. The summed E-state index contributed by atoms with van der Waals surface area (Å²) in [6, 6.07) is 17.0. The van der Waals surface area contributed by atoms with Crippen molar-refractivity contribution in [1.29, 1.82) is 0 Å². The Morgan fingerprint density at radius 3 is 2.62 bits per heavy atom. The molecule has 8 nitrogen and oxygen atoms in total. The Balaban J connectivity index is 1.68. The maximum absolute atomic E-state index is 11.5. The second kappa shape index (κ2) is 7.59. The third kappa shape index (κ3) is 3.73. The van der Waals surface area contributed by atoms with Crippen molar-refractivity contribution in [2.45, 2.75) is 13.2 Å². The summed E-state index contributed by atoms with van der Waals surface area (Å²) in [5.74, 6) is 0.580. The number of nitrogens with zero attached hydrogens (tertiary/aromatic N) is 4. The Bertz CT molecular complexity index is 1080. The number of hydrogen-bond acceptors (Lipinski definition) is 7. The van der Waals surface area contributed by atoms with Crippen LogP contribution in [0.2, 0.25) is 0 Å². The van der Waals surface area contributed by atoms with Crippen LogP contribution in [0.15, 0.2) is 65.9 Å². The number of benzene rings is 2. The van der Waals surface area contributed by atoms with Crippen LogP contribution in [-0.4, -0.2) is 33.8 Å². The summed E-state index contributed by atoms with van der Waals surface area (Å²) in [6.45, 7) is 1.46. The Labute approximate surface area is 168 Å². The average Bonchev–Trinajstić information content (AvgIpc) is 3.11. The van der Waals surface area contributed by atoms with Gasteiger partial charge in [-0.3, -0.25) is 9.80 Å². The van der Waals surface area contributed by atoms with Gasteiger partial charge in [0.2, 0.25) is 18.0 Å². The fraction of sp³-hybridized carbons (Fsp3) is 0.143. The fourth-order valence-electron chi connectivity index (χ4n) is 3.07. The van der Waals surface area contributed by atoms with Gasteiger partial charge < -0.3 is 15.8 Å². The highest BCUT2D eigenvalue weighted by molar-refractivity contribution is 5.95. The minimum Gasteiger partial charge on any atom is -0.444 e. The minimum atomic E-state index is -0.606. The third-order valence-electron chi connectivity index (χ3n) is 4.41. The number of amides is 1. The Kier molecular flexibility index (Phi) is 4.82. The van der Waals surface area contributed by atoms with E-state index < -0.39 is 6.23 Å². The average molecular weight is 388 g/mol. The van der Waals surface area contributed by atoms with Crippen LogP contribution < -0.4 is 11.1 Å². The SMILES string of the molecule is CC(=O)Nc1ccccc1-c1cnc(N)c(C2OC(c3ccccc3)=NN2C)n1. The van der Waals surface area contributed by atoms with E-state index in [-0.39, 0.29) is 11.7 Å². The molecule has 1 amide bonds. The number of carbonyl (C=O) groups excluding carboxylic acids is 1. The topological polar surface area (TPSA) is 106 Å². The number of rotatable bonds is 4. The molecule has 146 valence electrons. The van der Waals surface area contributed by atoms with Crippen molar-refractivity contribution in [2.75, 3.05) is 18.1 Å². The number of hydrazone groups is 1. The van der Waals surface area contributed by atoms with Crippen LogP contribution in [0.3, 0.4) is 0 Å². The summed E-state index contributed by atoms with van der Waals surface area (Å²) in [5.41, 5.74) is 9.38. The first kappa shape index (κ1) is 18.4. The summed E-state index contributed by atoms with van der Waals surface area (Å²) in [6.07, 6.45) is 0.971. The Morgan fingerprint density at radius 1 is 1.14 bits per heavy atom. The lowest BCUT2D eigenvalue weighted by Gasteiger charge is -2.19. The van der Waals surface area contributed by atoms with Crippen molar-refractivity contribution in [3.63, 3.8) is 0 Å². The summed E-state index contributed by atoms with van der Waals surface area (Å²) in [4.78, 5) is 20.5. The molecule has 1 aliphatic rings. The molecule has 0 radical (unpaired) electrons. The van der Waals surface area contributed by atoms with E-state index in [1.807, 2.05) is 54.6 Å². The van der Waals surface area contributed by atoms with Gasteiger partial charge in [0, 0.05) is 25.1 Å². The lowest BCUT2D eigenvalue weighted by atomic mass is 10.1. The van der Waals surface area contributed by atoms with Crippen molar-refractivity contribution < 1.29 is 9.53 Å². The number of nitrogen functional groups attached to an aromatic ring is 1. The molecule has 29 heavy (non-hydrogen) atoms. The first-order valence-corrected chi connectivity index (χ1v) is 9.06. The maximum atomic E-state index is 11.5. The van der Waals surface area contributed by atoms with E-state index in [1.54, 1.807) is 18.3 Å². The van der Waals surface area contributed by atoms with Gasteiger partial charge in [0.05, 0.1) is 17.6 Å². The summed E-state index contributed by atoms with van der Waals surface area (Å²) in [5, 5.41) is 8.93. The van der Waals surface area contributed by atoms with E-state index in [4.69, 9.17) is 15.5 Å². The van der Waals surface area contributed by atoms with Crippen LogP contribution in [-0.2, 0) is 9.53 Å². The molecule has 0 saturated carbocycles. The van der Waals surface area contributed by atoms with Gasteiger partial charge in [0.1, 0.15) is 5.69 Å². The lowest BCUT2D eigenvalue weighted by Crippen LogP contribution is -2.20.